The molecular weight excluding hydrogens is 270 g/mol. The zero-order valence-corrected chi connectivity index (χ0v) is 14.4. The minimum absolute atomic E-state index is 0.0292. The number of hydrogen-bond acceptors (Lipinski definition) is 3. The van der Waals surface area contributed by atoms with Gasteiger partial charge in [0.1, 0.15) is 0 Å². The first-order valence-corrected chi connectivity index (χ1v) is 8.91. The summed E-state index contributed by atoms with van der Waals surface area (Å²) in [6.45, 7) is 12.8. The van der Waals surface area contributed by atoms with Crippen LogP contribution in [0, 0.1) is 23.7 Å². The number of hydrogen-bond donors (Lipinski definition) is 1. The molecule has 1 heterocycles. The van der Waals surface area contributed by atoms with E-state index in [9.17, 15) is 4.79 Å². The van der Waals surface area contributed by atoms with Gasteiger partial charge in [-0.3, -0.25) is 4.79 Å². The van der Waals surface area contributed by atoms with Gasteiger partial charge in [0.15, 0.2) is 0 Å². The Morgan fingerprint density at radius 1 is 1.25 bits per heavy atom. The summed E-state index contributed by atoms with van der Waals surface area (Å²) in [5.74, 6) is 2.96. The van der Waals surface area contributed by atoms with Gasteiger partial charge in [0.25, 0.3) is 0 Å². The zero-order chi connectivity index (χ0) is 15.3. The summed E-state index contributed by atoms with van der Waals surface area (Å²) in [6.07, 6.45) is 1.23. The van der Waals surface area contributed by atoms with Crippen LogP contribution < -0.4 is 0 Å². The van der Waals surface area contributed by atoms with Crippen LogP contribution in [0.3, 0.4) is 0 Å². The Hall–Kier alpha value is -0.220. The molecule has 20 heavy (non-hydrogen) atoms. The molecule has 0 aromatic rings. The minimum Gasteiger partial charge on any atom is -0.396 e. The molecule has 4 atom stereocenters. The number of nitrogens with zero attached hydrogens (tertiary/aromatic N) is 1. The van der Waals surface area contributed by atoms with Crippen LogP contribution in [0.25, 0.3) is 0 Å². The van der Waals surface area contributed by atoms with Crippen LogP contribution in [0.15, 0.2) is 0 Å². The Morgan fingerprint density at radius 2 is 1.80 bits per heavy atom. The number of rotatable bonds is 6. The molecule has 0 aliphatic carbocycles. The van der Waals surface area contributed by atoms with E-state index in [4.69, 9.17) is 5.11 Å². The fourth-order valence-electron chi connectivity index (χ4n) is 2.89. The lowest BCUT2D eigenvalue weighted by Gasteiger charge is -2.37. The number of aliphatic hydroxyl groups excluding tert-OH is 1. The predicted molar refractivity (Wildman–Crippen MR) is 86.9 cm³/mol. The number of thioether (sulfide) groups is 1. The summed E-state index contributed by atoms with van der Waals surface area (Å²) >= 11 is 1.72. The number of carbonyl (C=O) groups is 1. The second kappa shape index (κ2) is 8.28. The van der Waals surface area contributed by atoms with Crippen LogP contribution in [-0.4, -0.2) is 46.6 Å². The van der Waals surface area contributed by atoms with Gasteiger partial charge in [-0.15, -0.1) is 11.8 Å². The van der Waals surface area contributed by atoms with Crippen molar-refractivity contribution in [2.24, 2.45) is 23.7 Å². The van der Waals surface area contributed by atoms with Crippen LogP contribution in [-0.2, 0) is 4.79 Å². The third kappa shape index (κ3) is 5.28. The summed E-state index contributed by atoms with van der Waals surface area (Å²) in [5.41, 5.74) is 0. The van der Waals surface area contributed by atoms with Gasteiger partial charge in [-0.05, 0) is 35.8 Å². The number of piperidine rings is 1. The van der Waals surface area contributed by atoms with E-state index in [1.165, 1.54) is 6.42 Å². The number of carbonyl (C=O) groups excluding carboxylic acids is 1. The van der Waals surface area contributed by atoms with Gasteiger partial charge >= 0.3 is 0 Å². The van der Waals surface area contributed by atoms with E-state index in [0.29, 0.717) is 23.7 Å². The molecular formula is C16H31NO2S. The number of likely N-dealkylation sites (tertiary alicyclic amines) is 1. The molecule has 1 aliphatic heterocycles. The summed E-state index contributed by atoms with van der Waals surface area (Å²) in [6, 6.07) is 0. The van der Waals surface area contributed by atoms with Crippen LogP contribution >= 0.6 is 11.8 Å². The first kappa shape index (κ1) is 17.8. The molecule has 0 bridgehead atoms. The highest BCUT2D eigenvalue weighted by Gasteiger charge is 2.32. The molecule has 118 valence electrons. The summed E-state index contributed by atoms with van der Waals surface area (Å²) in [7, 11) is 0. The van der Waals surface area contributed by atoms with E-state index in [1.54, 1.807) is 11.8 Å². The highest BCUT2D eigenvalue weighted by atomic mass is 32.2. The van der Waals surface area contributed by atoms with Gasteiger partial charge in [0.05, 0.1) is 5.25 Å². The molecule has 0 spiro atoms. The zero-order valence-electron chi connectivity index (χ0n) is 13.6. The lowest BCUT2D eigenvalue weighted by atomic mass is 9.91. The van der Waals surface area contributed by atoms with E-state index in [0.717, 1.165) is 18.8 Å². The predicted octanol–water partition coefficient (Wildman–Crippen LogP) is 2.88. The van der Waals surface area contributed by atoms with Crippen molar-refractivity contribution in [3.63, 3.8) is 0 Å². The van der Waals surface area contributed by atoms with Gasteiger partial charge < -0.3 is 10.0 Å². The monoisotopic (exact) mass is 301 g/mol. The maximum absolute atomic E-state index is 12.8. The molecule has 4 heteroatoms. The third-order valence-electron chi connectivity index (χ3n) is 3.90. The lowest BCUT2D eigenvalue weighted by Crippen LogP contribution is -2.47. The quantitative estimate of drug-likeness (QED) is 0.820. The lowest BCUT2D eigenvalue weighted by molar-refractivity contribution is -0.134. The minimum atomic E-state index is 0.0292. The molecule has 0 aromatic carbocycles. The summed E-state index contributed by atoms with van der Waals surface area (Å²) < 4.78 is 0. The van der Waals surface area contributed by atoms with Crippen LogP contribution in [0.1, 0.15) is 41.0 Å². The Morgan fingerprint density at radius 3 is 2.25 bits per heavy atom. The first-order chi connectivity index (χ1) is 9.35. The van der Waals surface area contributed by atoms with Crippen LogP contribution in [0.4, 0.5) is 0 Å². The average Bonchev–Trinajstić information content (AvgIpc) is 2.36. The second-order valence-electron chi connectivity index (χ2n) is 6.97. The Bertz CT molecular complexity index is 299. The first-order valence-electron chi connectivity index (χ1n) is 7.86. The summed E-state index contributed by atoms with van der Waals surface area (Å²) in [4.78, 5) is 14.8. The Balaban J connectivity index is 2.63. The van der Waals surface area contributed by atoms with Crippen molar-refractivity contribution in [3.05, 3.63) is 0 Å². The molecule has 0 aromatic heterocycles. The van der Waals surface area contributed by atoms with Crippen molar-refractivity contribution < 1.29 is 9.90 Å². The number of aliphatic hydroxyl groups is 1. The standard InChI is InChI=1S/C16H31NO2S/c1-11(2)15(20-10-14(5)9-18)16(19)17-7-12(3)6-13(4)8-17/h11-15,18H,6-10H2,1-5H3. The average molecular weight is 301 g/mol. The van der Waals surface area contributed by atoms with Crippen molar-refractivity contribution in [1.29, 1.82) is 0 Å². The molecule has 1 fully saturated rings. The van der Waals surface area contributed by atoms with Crippen molar-refractivity contribution in [2.45, 2.75) is 46.3 Å². The largest absolute Gasteiger partial charge is 0.396 e. The molecule has 3 nitrogen and oxygen atoms in total. The van der Waals surface area contributed by atoms with Gasteiger partial charge in [-0.25, -0.2) is 0 Å². The molecule has 1 rings (SSSR count). The molecule has 0 radical (unpaired) electrons. The maximum atomic E-state index is 12.8. The molecule has 1 aliphatic rings. The van der Waals surface area contributed by atoms with E-state index >= 15 is 0 Å². The highest BCUT2D eigenvalue weighted by molar-refractivity contribution is 8.00. The van der Waals surface area contributed by atoms with Crippen molar-refractivity contribution >= 4 is 17.7 Å². The topological polar surface area (TPSA) is 40.5 Å². The molecule has 1 N–H and O–H groups in total. The van der Waals surface area contributed by atoms with Gasteiger partial charge in [0.2, 0.25) is 5.91 Å². The van der Waals surface area contributed by atoms with E-state index < -0.39 is 0 Å². The van der Waals surface area contributed by atoms with Gasteiger partial charge in [0, 0.05) is 19.7 Å². The summed E-state index contributed by atoms with van der Waals surface area (Å²) in [5, 5.41) is 9.16. The van der Waals surface area contributed by atoms with Crippen molar-refractivity contribution in [1.82, 2.24) is 4.90 Å². The Labute approximate surface area is 128 Å². The van der Waals surface area contributed by atoms with Crippen molar-refractivity contribution in [3.8, 4) is 0 Å². The third-order valence-corrected chi connectivity index (χ3v) is 5.77. The SMILES string of the molecule is CC(CO)CSC(C(=O)N1CC(C)CC(C)C1)C(C)C. The van der Waals surface area contributed by atoms with E-state index in [-0.39, 0.29) is 17.8 Å². The van der Waals surface area contributed by atoms with Crippen LogP contribution in [0.2, 0.25) is 0 Å². The molecule has 0 saturated carbocycles. The fourth-order valence-corrected chi connectivity index (χ4v) is 4.21. The normalized spacial score (nSPS) is 26.6. The number of amides is 1. The fraction of sp³-hybridized carbons (Fsp3) is 0.938. The van der Waals surface area contributed by atoms with E-state index in [2.05, 4.69) is 32.6 Å². The Kier molecular flexibility index (Phi) is 7.38. The van der Waals surface area contributed by atoms with E-state index in [1.807, 2.05) is 6.92 Å². The molecule has 1 amide bonds. The molecule has 4 unspecified atom stereocenters. The second-order valence-corrected chi connectivity index (χ2v) is 8.15. The maximum Gasteiger partial charge on any atom is 0.235 e. The van der Waals surface area contributed by atoms with Crippen molar-refractivity contribution in [2.75, 3.05) is 25.4 Å². The van der Waals surface area contributed by atoms with Crippen LogP contribution in [0.5, 0.6) is 0 Å². The van der Waals surface area contributed by atoms with Gasteiger partial charge in [-0.2, -0.15) is 0 Å². The molecule has 1 saturated heterocycles. The smallest absolute Gasteiger partial charge is 0.235 e. The highest BCUT2D eigenvalue weighted by Crippen LogP contribution is 2.28. The van der Waals surface area contributed by atoms with Gasteiger partial charge in [-0.1, -0.05) is 34.6 Å².